The van der Waals surface area contributed by atoms with Crippen LogP contribution >= 0.6 is 35.6 Å². The molecule has 0 aromatic heterocycles. The van der Waals surface area contributed by atoms with Crippen molar-refractivity contribution in [3.63, 3.8) is 0 Å². The second-order valence-electron chi connectivity index (χ2n) is 4.89. The van der Waals surface area contributed by atoms with Gasteiger partial charge in [0, 0.05) is 0 Å². The molecule has 1 fully saturated rings. The highest BCUT2D eigenvalue weighted by Crippen LogP contribution is 2.37. The van der Waals surface area contributed by atoms with Crippen molar-refractivity contribution in [2.24, 2.45) is 0 Å². The first-order valence-electron chi connectivity index (χ1n) is 6.86. The van der Waals surface area contributed by atoms with E-state index in [2.05, 4.69) is 0 Å². The maximum Gasteiger partial charge on any atom is 0.270 e. The molecule has 3 nitrogen and oxygen atoms in total. The third kappa shape index (κ3) is 3.31. The maximum atomic E-state index is 13.3. The molecule has 7 heteroatoms. The Balaban J connectivity index is 1.90. The van der Waals surface area contributed by atoms with Gasteiger partial charge in [-0.3, -0.25) is 9.69 Å². The lowest BCUT2D eigenvalue weighted by Gasteiger charge is -2.14. The van der Waals surface area contributed by atoms with E-state index in [9.17, 15) is 9.18 Å². The van der Waals surface area contributed by atoms with Crippen LogP contribution in [-0.4, -0.2) is 17.3 Å². The Hall–Kier alpha value is -1.89. The number of hydrogen-bond acceptors (Lipinski definition) is 4. The average Bonchev–Trinajstić information content (AvgIpc) is 2.85. The number of carbonyl (C=O) groups is 1. The van der Waals surface area contributed by atoms with Gasteiger partial charge in [-0.25, -0.2) is 4.39 Å². The first-order chi connectivity index (χ1) is 11.5. The monoisotopic (exact) mass is 379 g/mol. The Bertz CT molecular complexity index is 852. The number of methoxy groups -OCH3 is 1. The van der Waals surface area contributed by atoms with Crippen molar-refractivity contribution in [3.8, 4) is 5.75 Å². The molecule has 1 heterocycles. The van der Waals surface area contributed by atoms with Crippen molar-refractivity contribution in [1.82, 2.24) is 0 Å². The molecule has 0 saturated carbocycles. The molecule has 122 valence electrons. The van der Waals surface area contributed by atoms with Crippen molar-refractivity contribution in [2.45, 2.75) is 0 Å². The zero-order chi connectivity index (χ0) is 17.3. The van der Waals surface area contributed by atoms with E-state index in [1.807, 2.05) is 24.3 Å². The third-order valence-electron chi connectivity index (χ3n) is 3.37. The van der Waals surface area contributed by atoms with Crippen LogP contribution < -0.4 is 9.64 Å². The first-order valence-corrected chi connectivity index (χ1v) is 8.47. The molecule has 0 bridgehead atoms. The van der Waals surface area contributed by atoms with Gasteiger partial charge in [-0.2, -0.15) is 0 Å². The molecule has 24 heavy (non-hydrogen) atoms. The molecule has 0 atom stereocenters. The summed E-state index contributed by atoms with van der Waals surface area (Å²) in [5, 5.41) is -0.0549. The lowest BCUT2D eigenvalue weighted by molar-refractivity contribution is -0.113. The summed E-state index contributed by atoms with van der Waals surface area (Å²) in [6, 6.07) is 11.4. The number of anilines is 1. The summed E-state index contributed by atoms with van der Waals surface area (Å²) in [7, 11) is 1.59. The number of amides is 1. The van der Waals surface area contributed by atoms with Crippen LogP contribution in [0.4, 0.5) is 10.1 Å². The van der Waals surface area contributed by atoms with Crippen molar-refractivity contribution in [1.29, 1.82) is 0 Å². The van der Waals surface area contributed by atoms with Crippen LogP contribution in [0.5, 0.6) is 5.75 Å². The highest BCUT2D eigenvalue weighted by atomic mass is 35.5. The molecule has 0 spiro atoms. The molecule has 0 N–H and O–H groups in total. The van der Waals surface area contributed by atoms with Gasteiger partial charge in [0.05, 0.1) is 22.7 Å². The Kier molecular flexibility index (Phi) is 4.89. The highest BCUT2D eigenvalue weighted by molar-refractivity contribution is 8.27. The summed E-state index contributed by atoms with van der Waals surface area (Å²) in [5.74, 6) is -0.0659. The normalized spacial score (nSPS) is 16.1. The fourth-order valence-electron chi connectivity index (χ4n) is 2.17. The zero-order valence-corrected chi connectivity index (χ0v) is 14.8. The van der Waals surface area contributed by atoms with Gasteiger partial charge in [0.1, 0.15) is 11.6 Å². The van der Waals surface area contributed by atoms with Crippen LogP contribution in [0, 0.1) is 5.82 Å². The number of benzene rings is 2. The van der Waals surface area contributed by atoms with Crippen molar-refractivity contribution >= 4 is 57.6 Å². The van der Waals surface area contributed by atoms with Crippen LogP contribution in [0.1, 0.15) is 5.56 Å². The Morgan fingerprint density at radius 2 is 1.96 bits per heavy atom. The highest BCUT2D eigenvalue weighted by Gasteiger charge is 2.33. The van der Waals surface area contributed by atoms with E-state index < -0.39 is 5.82 Å². The number of carbonyl (C=O) groups excluding carboxylic acids is 1. The smallest absolute Gasteiger partial charge is 0.270 e. The summed E-state index contributed by atoms with van der Waals surface area (Å²) >= 11 is 12.3. The zero-order valence-electron chi connectivity index (χ0n) is 12.5. The van der Waals surface area contributed by atoms with Gasteiger partial charge < -0.3 is 4.74 Å². The lowest BCUT2D eigenvalue weighted by atomic mass is 10.2. The van der Waals surface area contributed by atoms with Crippen LogP contribution in [-0.2, 0) is 4.79 Å². The van der Waals surface area contributed by atoms with Gasteiger partial charge in [-0.05, 0) is 42.0 Å². The fraction of sp³-hybridized carbons (Fsp3) is 0.0588. The Labute approximate surface area is 153 Å². The molecular formula is C17H11ClFNO2S2. The van der Waals surface area contributed by atoms with E-state index in [-0.39, 0.29) is 10.9 Å². The molecular weight excluding hydrogens is 369 g/mol. The summed E-state index contributed by atoms with van der Waals surface area (Å²) < 4.78 is 18.8. The van der Waals surface area contributed by atoms with Gasteiger partial charge >= 0.3 is 0 Å². The predicted molar refractivity (Wildman–Crippen MR) is 100 cm³/mol. The van der Waals surface area contributed by atoms with E-state index in [4.69, 9.17) is 28.6 Å². The van der Waals surface area contributed by atoms with E-state index >= 15 is 0 Å². The van der Waals surface area contributed by atoms with Crippen LogP contribution in [0.15, 0.2) is 47.4 Å². The van der Waals surface area contributed by atoms with Crippen molar-refractivity contribution < 1.29 is 13.9 Å². The SMILES string of the molecule is COc1ccc(/C=C2/SC(=S)N(c3ccc(F)c(Cl)c3)C2=O)cc1. The number of nitrogens with zero attached hydrogens (tertiary/aromatic N) is 1. The van der Waals surface area contributed by atoms with Crippen LogP contribution in [0.3, 0.4) is 0 Å². The minimum Gasteiger partial charge on any atom is -0.497 e. The Morgan fingerprint density at radius 3 is 2.58 bits per heavy atom. The standard InChI is InChI=1S/C17H11ClFNO2S2/c1-22-12-5-2-10(3-6-12)8-15-16(21)20(17(23)24-15)11-4-7-14(19)13(18)9-11/h2-9H,1H3/b15-8+. The van der Waals surface area contributed by atoms with E-state index in [0.29, 0.717) is 14.9 Å². The molecule has 1 saturated heterocycles. The minimum absolute atomic E-state index is 0.0549. The third-order valence-corrected chi connectivity index (χ3v) is 4.96. The Morgan fingerprint density at radius 1 is 1.25 bits per heavy atom. The van der Waals surface area contributed by atoms with Crippen molar-refractivity contribution in [2.75, 3.05) is 12.0 Å². The second kappa shape index (κ2) is 6.93. The average molecular weight is 380 g/mol. The molecule has 2 aromatic carbocycles. The molecule has 0 aliphatic carbocycles. The summed E-state index contributed by atoms with van der Waals surface area (Å²) in [4.78, 5) is 14.5. The minimum atomic E-state index is -0.542. The first kappa shape index (κ1) is 17.0. The van der Waals surface area contributed by atoms with Crippen LogP contribution in [0.25, 0.3) is 6.08 Å². The quantitative estimate of drug-likeness (QED) is 0.560. The molecule has 1 aliphatic rings. The lowest BCUT2D eigenvalue weighted by Crippen LogP contribution is -2.27. The largest absolute Gasteiger partial charge is 0.497 e. The maximum absolute atomic E-state index is 13.3. The number of thioether (sulfide) groups is 1. The van der Waals surface area contributed by atoms with Gasteiger partial charge in [0.25, 0.3) is 5.91 Å². The van der Waals surface area contributed by atoms with E-state index in [0.717, 1.165) is 11.3 Å². The topological polar surface area (TPSA) is 29.5 Å². The molecule has 1 aliphatic heterocycles. The predicted octanol–water partition coefficient (Wildman–Crippen LogP) is 4.89. The van der Waals surface area contributed by atoms with Crippen LogP contribution in [0.2, 0.25) is 5.02 Å². The van der Waals surface area contributed by atoms with Gasteiger partial charge in [-0.1, -0.05) is 47.7 Å². The van der Waals surface area contributed by atoms with Gasteiger partial charge in [0.2, 0.25) is 0 Å². The second-order valence-corrected chi connectivity index (χ2v) is 6.97. The summed E-state index contributed by atoms with van der Waals surface area (Å²) in [5.41, 5.74) is 1.30. The molecule has 3 rings (SSSR count). The van der Waals surface area contributed by atoms with Gasteiger partial charge in [0.15, 0.2) is 4.32 Å². The summed E-state index contributed by atoms with van der Waals surface area (Å²) in [6.45, 7) is 0. The molecule has 0 unspecified atom stereocenters. The van der Waals surface area contributed by atoms with E-state index in [1.54, 1.807) is 13.2 Å². The number of hydrogen-bond donors (Lipinski definition) is 0. The number of thiocarbonyl (C=S) groups is 1. The molecule has 2 aromatic rings. The summed E-state index contributed by atoms with van der Waals surface area (Å²) in [6.07, 6.45) is 1.75. The van der Waals surface area contributed by atoms with E-state index in [1.165, 1.54) is 34.9 Å². The molecule has 1 amide bonds. The fourth-order valence-corrected chi connectivity index (χ4v) is 3.64. The molecule has 0 radical (unpaired) electrons. The number of halogens is 2. The van der Waals surface area contributed by atoms with Crippen molar-refractivity contribution in [3.05, 3.63) is 63.8 Å². The number of rotatable bonds is 3. The number of ether oxygens (including phenoxy) is 1. The van der Waals surface area contributed by atoms with Gasteiger partial charge in [-0.15, -0.1) is 0 Å².